The number of hydrogen-bond donors (Lipinski definition) is 2. The average Bonchev–Trinajstić information content (AvgIpc) is 3.83. The molecule has 2 N–H and O–H groups in total. The van der Waals surface area contributed by atoms with E-state index in [4.69, 9.17) is 11.6 Å². The molecule has 2 saturated carbocycles. The van der Waals surface area contributed by atoms with Gasteiger partial charge in [0.2, 0.25) is 5.91 Å². The van der Waals surface area contributed by atoms with Crippen molar-refractivity contribution < 1.29 is 9.90 Å². The van der Waals surface area contributed by atoms with Crippen LogP contribution in [0.15, 0.2) is 70.0 Å². The third-order valence-corrected chi connectivity index (χ3v) is 10.5. The lowest BCUT2D eigenvalue weighted by molar-refractivity contribution is -0.131. The highest BCUT2D eigenvalue weighted by Gasteiger charge is 2.57. The zero-order valence-electron chi connectivity index (χ0n) is 20.2. The molecule has 3 aromatic rings. The number of nitriles is 1. The molecule has 3 aliphatic rings. The van der Waals surface area contributed by atoms with Crippen LogP contribution in [0.2, 0.25) is 5.02 Å². The summed E-state index contributed by atoms with van der Waals surface area (Å²) in [6.45, 7) is 0.560. The largest absolute Gasteiger partial charge is 0.377 e. The number of aliphatic hydroxyl groups excluding tert-OH is 1. The highest BCUT2D eigenvalue weighted by molar-refractivity contribution is 9.10. The van der Waals surface area contributed by atoms with Crippen molar-refractivity contribution in [3.8, 4) is 6.07 Å². The van der Waals surface area contributed by atoms with Gasteiger partial charge in [-0.3, -0.25) is 9.69 Å². The summed E-state index contributed by atoms with van der Waals surface area (Å²) >= 11 is 11.8. The maximum absolute atomic E-state index is 13.5. The Bertz CT molecular complexity index is 1420. The van der Waals surface area contributed by atoms with Crippen LogP contribution in [-0.4, -0.2) is 45.5 Å². The van der Waals surface area contributed by atoms with E-state index in [9.17, 15) is 15.2 Å². The fraction of sp³-hybridized carbons (Fsp3) is 0.379. The number of amides is 1. The fourth-order valence-electron chi connectivity index (χ4n) is 5.68. The van der Waals surface area contributed by atoms with Crippen molar-refractivity contribution in [3.05, 3.63) is 75.7 Å². The number of rotatable bonds is 7. The van der Waals surface area contributed by atoms with Crippen LogP contribution in [0.3, 0.4) is 0 Å². The van der Waals surface area contributed by atoms with Gasteiger partial charge < -0.3 is 10.4 Å². The number of aliphatic hydroxyl groups is 1. The van der Waals surface area contributed by atoms with Crippen LogP contribution in [0.25, 0.3) is 10.8 Å². The fourth-order valence-corrected chi connectivity index (χ4v) is 7.65. The maximum Gasteiger partial charge on any atom is 0.238 e. The molecule has 5 nitrogen and oxygen atoms in total. The Labute approximate surface area is 234 Å². The number of thioether (sulfide) groups is 1. The van der Waals surface area contributed by atoms with Crippen molar-refractivity contribution >= 4 is 56.0 Å². The summed E-state index contributed by atoms with van der Waals surface area (Å²) in [5, 5.41) is 27.6. The minimum atomic E-state index is -0.818. The van der Waals surface area contributed by atoms with Crippen molar-refractivity contribution in [2.24, 2.45) is 0 Å². The SMILES string of the molecule is N#CC1(NC(=O)C2CC(Sc3ccccc3Cl)CN2C(O)C2(c3ccc(Br)c4ccccc34)CC2)CC1. The summed E-state index contributed by atoms with van der Waals surface area (Å²) in [7, 11) is 0. The molecule has 1 amide bonds. The number of fused-ring (bicyclic) bond motifs is 1. The molecule has 1 aliphatic heterocycles. The van der Waals surface area contributed by atoms with Gasteiger partial charge in [-0.05, 0) is 66.6 Å². The smallest absolute Gasteiger partial charge is 0.238 e. The first kappa shape index (κ1) is 25.2. The van der Waals surface area contributed by atoms with Crippen LogP contribution in [-0.2, 0) is 10.2 Å². The summed E-state index contributed by atoms with van der Waals surface area (Å²) in [6, 6.07) is 21.9. The molecular weight excluding hydrogens is 570 g/mol. The van der Waals surface area contributed by atoms with Gasteiger partial charge in [-0.2, -0.15) is 5.26 Å². The van der Waals surface area contributed by atoms with Gasteiger partial charge in [0.25, 0.3) is 0 Å². The van der Waals surface area contributed by atoms with Crippen LogP contribution in [0.5, 0.6) is 0 Å². The highest BCUT2D eigenvalue weighted by atomic mass is 79.9. The molecule has 0 bridgehead atoms. The molecule has 190 valence electrons. The molecule has 1 saturated heterocycles. The van der Waals surface area contributed by atoms with Crippen LogP contribution in [0.4, 0.5) is 0 Å². The van der Waals surface area contributed by atoms with Crippen LogP contribution < -0.4 is 5.32 Å². The van der Waals surface area contributed by atoms with Crippen molar-refractivity contribution in [3.63, 3.8) is 0 Å². The summed E-state index contributed by atoms with van der Waals surface area (Å²) in [5.74, 6) is -0.170. The second-order valence-corrected chi connectivity index (χ2v) is 13.1. The van der Waals surface area contributed by atoms with Crippen molar-refractivity contribution in [2.75, 3.05) is 6.54 Å². The van der Waals surface area contributed by atoms with Gasteiger partial charge >= 0.3 is 0 Å². The van der Waals surface area contributed by atoms with Crippen LogP contribution in [0.1, 0.15) is 37.7 Å². The molecule has 3 fully saturated rings. The lowest BCUT2D eigenvalue weighted by Gasteiger charge is -2.35. The first-order chi connectivity index (χ1) is 17.9. The number of halogens is 2. The minimum absolute atomic E-state index is 0.0833. The van der Waals surface area contributed by atoms with Gasteiger partial charge in [0, 0.05) is 26.6 Å². The standard InChI is InChI=1S/C29H27BrClN3O2S/c30-22-10-9-21(19-5-1-2-6-20(19)22)29(13-14-29)27(36)34-16-18(37-25-8-4-3-7-23(25)31)15-24(34)26(35)33-28(17-32)11-12-28/h1-10,18,24,27,36H,11-16H2,(H,33,35). The Hall–Kier alpha value is -2.08. The predicted molar refractivity (Wildman–Crippen MR) is 150 cm³/mol. The quantitative estimate of drug-likeness (QED) is 0.349. The van der Waals surface area contributed by atoms with E-state index in [0.29, 0.717) is 30.8 Å². The number of nitrogens with one attached hydrogen (secondary N) is 1. The zero-order valence-corrected chi connectivity index (χ0v) is 23.3. The molecule has 1 heterocycles. The van der Waals surface area contributed by atoms with Gasteiger partial charge in [0.1, 0.15) is 11.8 Å². The molecule has 8 heteroatoms. The van der Waals surface area contributed by atoms with Gasteiger partial charge in [-0.1, -0.05) is 70.0 Å². The highest BCUT2D eigenvalue weighted by Crippen LogP contribution is 2.55. The van der Waals surface area contributed by atoms with E-state index in [1.54, 1.807) is 11.8 Å². The molecule has 3 unspecified atom stereocenters. The molecule has 6 rings (SSSR count). The third kappa shape index (κ3) is 4.57. The van der Waals surface area contributed by atoms with E-state index < -0.39 is 23.2 Å². The van der Waals surface area contributed by atoms with E-state index in [1.165, 1.54) is 0 Å². The third-order valence-electron chi connectivity index (χ3n) is 8.06. The Morgan fingerprint density at radius 2 is 1.81 bits per heavy atom. The number of nitrogens with zero attached hydrogens (tertiary/aromatic N) is 2. The number of likely N-dealkylation sites (tertiary alicyclic amines) is 1. The number of benzene rings is 3. The van der Waals surface area contributed by atoms with Crippen molar-refractivity contribution in [2.45, 2.75) is 65.5 Å². The number of carbonyl (C=O) groups excluding carboxylic acids is 1. The Morgan fingerprint density at radius 1 is 1.11 bits per heavy atom. The van der Waals surface area contributed by atoms with Crippen LogP contribution >= 0.6 is 39.3 Å². The summed E-state index contributed by atoms with van der Waals surface area (Å²) in [6.07, 6.45) is 2.83. The first-order valence-electron chi connectivity index (χ1n) is 12.6. The topological polar surface area (TPSA) is 76.4 Å². The van der Waals surface area contributed by atoms with Gasteiger partial charge in [0.15, 0.2) is 0 Å². The van der Waals surface area contributed by atoms with Crippen molar-refractivity contribution in [1.82, 2.24) is 10.2 Å². The first-order valence-corrected chi connectivity index (χ1v) is 14.7. The molecule has 3 aromatic carbocycles. The molecule has 0 spiro atoms. The monoisotopic (exact) mass is 595 g/mol. The maximum atomic E-state index is 13.5. The lowest BCUT2D eigenvalue weighted by Crippen LogP contribution is -2.53. The van der Waals surface area contributed by atoms with E-state index in [1.807, 2.05) is 41.3 Å². The van der Waals surface area contributed by atoms with Crippen molar-refractivity contribution in [1.29, 1.82) is 5.26 Å². The molecule has 0 radical (unpaired) electrons. The second-order valence-electron chi connectivity index (χ2n) is 10.5. The number of carbonyl (C=O) groups is 1. The van der Waals surface area contributed by atoms with Gasteiger partial charge in [-0.25, -0.2) is 0 Å². The van der Waals surface area contributed by atoms with Gasteiger partial charge in [0.05, 0.1) is 17.1 Å². The Morgan fingerprint density at radius 3 is 2.49 bits per heavy atom. The molecule has 2 aliphatic carbocycles. The van der Waals surface area contributed by atoms with E-state index in [0.717, 1.165) is 38.5 Å². The average molecular weight is 597 g/mol. The normalized spacial score (nSPS) is 24.4. The summed E-state index contributed by atoms with van der Waals surface area (Å²) in [4.78, 5) is 16.5. The second kappa shape index (κ2) is 9.59. The Balaban J connectivity index is 1.32. The van der Waals surface area contributed by atoms with E-state index >= 15 is 0 Å². The molecule has 3 atom stereocenters. The summed E-state index contributed by atoms with van der Waals surface area (Å²) < 4.78 is 1.03. The predicted octanol–water partition coefficient (Wildman–Crippen LogP) is 6.01. The van der Waals surface area contributed by atoms with Gasteiger partial charge in [-0.15, -0.1) is 11.8 Å². The lowest BCUT2D eigenvalue weighted by atomic mass is 9.88. The Kier molecular flexibility index (Phi) is 6.53. The minimum Gasteiger partial charge on any atom is -0.377 e. The van der Waals surface area contributed by atoms with E-state index in [-0.39, 0.29) is 11.2 Å². The summed E-state index contributed by atoms with van der Waals surface area (Å²) in [5.41, 5.74) is -0.0632. The number of hydrogen-bond acceptors (Lipinski definition) is 5. The molecule has 37 heavy (non-hydrogen) atoms. The van der Waals surface area contributed by atoms with Crippen LogP contribution in [0, 0.1) is 11.3 Å². The van der Waals surface area contributed by atoms with E-state index in [2.05, 4.69) is 51.6 Å². The molecular formula is C29H27BrClN3O2S. The zero-order chi connectivity index (χ0) is 25.8. The molecule has 0 aromatic heterocycles.